The van der Waals surface area contributed by atoms with Crippen LogP contribution in [0, 0.1) is 11.8 Å². The number of benzene rings is 1. The van der Waals surface area contributed by atoms with E-state index in [0.29, 0.717) is 24.6 Å². The molecule has 2 fully saturated rings. The number of rotatable bonds is 5. The van der Waals surface area contributed by atoms with Crippen molar-refractivity contribution in [3.8, 4) is 0 Å². The van der Waals surface area contributed by atoms with Crippen LogP contribution in [0.1, 0.15) is 49.0 Å². The number of fused-ring (bicyclic) bond motifs is 1. The lowest BCUT2D eigenvalue weighted by atomic mass is 9.94. The van der Waals surface area contributed by atoms with E-state index in [0.717, 1.165) is 24.8 Å². The molecule has 1 heterocycles. The van der Waals surface area contributed by atoms with Crippen LogP contribution < -0.4 is 0 Å². The third-order valence-corrected chi connectivity index (χ3v) is 5.19. The zero-order valence-electron chi connectivity index (χ0n) is 14.3. The molecule has 5 nitrogen and oxygen atoms in total. The summed E-state index contributed by atoms with van der Waals surface area (Å²) in [7, 11) is 0. The van der Waals surface area contributed by atoms with E-state index < -0.39 is 12.0 Å². The topological polar surface area (TPSA) is 66.8 Å². The molecule has 1 saturated heterocycles. The first-order valence-corrected chi connectivity index (χ1v) is 8.71. The van der Waals surface area contributed by atoms with Crippen LogP contribution >= 0.6 is 0 Å². The van der Waals surface area contributed by atoms with Crippen molar-refractivity contribution in [2.75, 3.05) is 6.54 Å². The molecule has 2 aliphatic rings. The largest absolute Gasteiger partial charge is 0.480 e. The number of carboxylic acids is 1. The standard InChI is InChI=1S/C19H25NO4/c1-12(2)24-11-13-6-8-14(9-7-13)18(21)20-10-15-4-3-5-16(15)17(20)19(22)23/h6-9,12,15-17H,3-5,10-11H2,1-2H3,(H,22,23). The van der Waals surface area contributed by atoms with Crippen molar-refractivity contribution >= 4 is 11.9 Å². The van der Waals surface area contributed by atoms with E-state index in [1.807, 2.05) is 26.0 Å². The third-order valence-electron chi connectivity index (χ3n) is 5.19. The molecule has 24 heavy (non-hydrogen) atoms. The molecule has 3 atom stereocenters. The monoisotopic (exact) mass is 331 g/mol. The molecule has 3 unspecified atom stereocenters. The zero-order chi connectivity index (χ0) is 17.3. The first-order valence-electron chi connectivity index (χ1n) is 8.71. The van der Waals surface area contributed by atoms with E-state index in [9.17, 15) is 14.7 Å². The van der Waals surface area contributed by atoms with Gasteiger partial charge in [-0.05, 0) is 56.2 Å². The number of aliphatic carboxylic acids is 1. The van der Waals surface area contributed by atoms with Gasteiger partial charge >= 0.3 is 5.97 Å². The quantitative estimate of drug-likeness (QED) is 0.901. The van der Waals surface area contributed by atoms with Crippen LogP contribution in [0.5, 0.6) is 0 Å². The smallest absolute Gasteiger partial charge is 0.326 e. The van der Waals surface area contributed by atoms with Gasteiger partial charge in [-0.1, -0.05) is 18.6 Å². The van der Waals surface area contributed by atoms with E-state index >= 15 is 0 Å². The molecule has 1 aliphatic carbocycles. The Morgan fingerprint density at radius 3 is 2.58 bits per heavy atom. The molecule has 1 aromatic carbocycles. The first-order chi connectivity index (χ1) is 11.5. The van der Waals surface area contributed by atoms with Gasteiger partial charge in [-0.25, -0.2) is 4.79 Å². The lowest BCUT2D eigenvalue weighted by Crippen LogP contribution is -2.43. The SMILES string of the molecule is CC(C)OCc1ccc(C(=O)N2CC3CCCC3C2C(=O)O)cc1. The predicted molar refractivity (Wildman–Crippen MR) is 89.7 cm³/mol. The molecular formula is C19H25NO4. The predicted octanol–water partition coefficient (Wildman–Crippen LogP) is 2.94. The van der Waals surface area contributed by atoms with E-state index in [-0.39, 0.29) is 17.9 Å². The van der Waals surface area contributed by atoms with Gasteiger partial charge in [0.25, 0.3) is 5.91 Å². The van der Waals surface area contributed by atoms with Gasteiger partial charge in [0, 0.05) is 12.1 Å². The van der Waals surface area contributed by atoms with Gasteiger partial charge in [-0.15, -0.1) is 0 Å². The van der Waals surface area contributed by atoms with Crippen molar-refractivity contribution in [2.24, 2.45) is 11.8 Å². The number of carboxylic acid groups (broad SMARTS) is 1. The maximum absolute atomic E-state index is 12.8. The number of nitrogens with zero attached hydrogens (tertiary/aromatic N) is 1. The highest BCUT2D eigenvalue weighted by Crippen LogP contribution is 2.42. The molecular weight excluding hydrogens is 306 g/mol. The molecule has 0 radical (unpaired) electrons. The molecule has 0 spiro atoms. The number of hydrogen-bond acceptors (Lipinski definition) is 3. The first kappa shape index (κ1) is 17.0. The zero-order valence-corrected chi connectivity index (χ0v) is 14.3. The van der Waals surface area contributed by atoms with Gasteiger partial charge in [0.2, 0.25) is 0 Å². The lowest BCUT2D eigenvalue weighted by Gasteiger charge is -2.24. The normalized spacial score (nSPS) is 26.0. The summed E-state index contributed by atoms with van der Waals surface area (Å²) in [5, 5.41) is 9.58. The molecule has 0 aromatic heterocycles. The van der Waals surface area contributed by atoms with Crippen LogP contribution in [0.4, 0.5) is 0 Å². The van der Waals surface area contributed by atoms with Crippen molar-refractivity contribution in [2.45, 2.75) is 51.9 Å². The summed E-state index contributed by atoms with van der Waals surface area (Å²) in [4.78, 5) is 26.1. The van der Waals surface area contributed by atoms with Crippen LogP contribution in [0.3, 0.4) is 0 Å². The van der Waals surface area contributed by atoms with Crippen molar-refractivity contribution in [3.05, 3.63) is 35.4 Å². The number of carbonyl (C=O) groups excluding carboxylic acids is 1. The molecule has 1 saturated carbocycles. The summed E-state index contributed by atoms with van der Waals surface area (Å²) < 4.78 is 5.55. The summed E-state index contributed by atoms with van der Waals surface area (Å²) in [6.07, 6.45) is 3.18. The Morgan fingerprint density at radius 1 is 1.25 bits per heavy atom. The Balaban J connectivity index is 1.72. The minimum absolute atomic E-state index is 0.116. The van der Waals surface area contributed by atoms with E-state index in [2.05, 4.69) is 0 Å². The number of amides is 1. The van der Waals surface area contributed by atoms with E-state index in [4.69, 9.17) is 4.74 Å². The van der Waals surface area contributed by atoms with E-state index in [1.165, 1.54) is 0 Å². The summed E-state index contributed by atoms with van der Waals surface area (Å²) in [5.41, 5.74) is 1.56. The Hall–Kier alpha value is -1.88. The molecule has 3 rings (SSSR count). The van der Waals surface area contributed by atoms with Crippen LogP contribution in [-0.2, 0) is 16.1 Å². The number of carbonyl (C=O) groups is 2. The minimum Gasteiger partial charge on any atom is -0.480 e. The van der Waals surface area contributed by atoms with Gasteiger partial charge in [0.05, 0.1) is 12.7 Å². The van der Waals surface area contributed by atoms with Crippen LogP contribution in [0.2, 0.25) is 0 Å². The maximum atomic E-state index is 12.8. The second-order valence-corrected chi connectivity index (χ2v) is 7.15. The molecule has 0 bridgehead atoms. The van der Waals surface area contributed by atoms with Gasteiger partial charge < -0.3 is 14.7 Å². The molecule has 1 aliphatic heterocycles. The second-order valence-electron chi connectivity index (χ2n) is 7.15. The van der Waals surface area contributed by atoms with E-state index in [1.54, 1.807) is 17.0 Å². The summed E-state index contributed by atoms with van der Waals surface area (Å²) >= 11 is 0. The number of ether oxygens (including phenoxy) is 1. The highest BCUT2D eigenvalue weighted by Gasteiger charge is 2.49. The fraction of sp³-hybridized carbons (Fsp3) is 0.579. The Bertz CT molecular complexity index is 610. The number of hydrogen-bond donors (Lipinski definition) is 1. The Labute approximate surface area is 142 Å². The van der Waals surface area contributed by atoms with Gasteiger partial charge in [0.1, 0.15) is 6.04 Å². The second kappa shape index (κ2) is 6.93. The fourth-order valence-corrected chi connectivity index (χ4v) is 4.00. The third kappa shape index (κ3) is 3.31. The number of likely N-dealkylation sites (tertiary alicyclic amines) is 1. The summed E-state index contributed by atoms with van der Waals surface area (Å²) in [5.74, 6) is -0.591. The molecule has 5 heteroatoms. The minimum atomic E-state index is -0.875. The molecule has 130 valence electrons. The average molecular weight is 331 g/mol. The highest BCUT2D eigenvalue weighted by atomic mass is 16.5. The highest BCUT2D eigenvalue weighted by molar-refractivity contribution is 5.97. The summed E-state index contributed by atoms with van der Waals surface area (Å²) in [6, 6.07) is 6.63. The molecule has 1 aromatic rings. The summed E-state index contributed by atoms with van der Waals surface area (Å²) in [6.45, 7) is 5.04. The van der Waals surface area contributed by atoms with Crippen LogP contribution in [0.15, 0.2) is 24.3 Å². The van der Waals surface area contributed by atoms with Gasteiger partial charge in [-0.3, -0.25) is 4.79 Å². The maximum Gasteiger partial charge on any atom is 0.326 e. The van der Waals surface area contributed by atoms with Gasteiger partial charge in [-0.2, -0.15) is 0 Å². The van der Waals surface area contributed by atoms with Crippen molar-refractivity contribution < 1.29 is 19.4 Å². The van der Waals surface area contributed by atoms with Crippen molar-refractivity contribution in [1.29, 1.82) is 0 Å². The molecule has 1 N–H and O–H groups in total. The van der Waals surface area contributed by atoms with Gasteiger partial charge in [0.15, 0.2) is 0 Å². The van der Waals surface area contributed by atoms with Crippen molar-refractivity contribution in [3.63, 3.8) is 0 Å². The Kier molecular flexibility index (Phi) is 4.90. The molecule has 1 amide bonds. The fourth-order valence-electron chi connectivity index (χ4n) is 4.00. The van der Waals surface area contributed by atoms with Crippen LogP contribution in [-0.4, -0.2) is 40.6 Å². The lowest BCUT2D eigenvalue weighted by molar-refractivity contribution is -0.142. The van der Waals surface area contributed by atoms with Crippen LogP contribution in [0.25, 0.3) is 0 Å². The average Bonchev–Trinajstić information content (AvgIpc) is 3.12. The van der Waals surface area contributed by atoms with Crippen molar-refractivity contribution in [1.82, 2.24) is 4.90 Å². The Morgan fingerprint density at radius 2 is 1.96 bits per heavy atom.